The van der Waals surface area contributed by atoms with Gasteiger partial charge in [0.25, 0.3) is 5.91 Å². The minimum atomic E-state index is 0.0514. The highest BCUT2D eigenvalue weighted by Crippen LogP contribution is 2.29. The Morgan fingerprint density at radius 1 is 1.48 bits per heavy atom. The molecule has 0 aliphatic carbocycles. The Morgan fingerprint density at radius 3 is 3.00 bits per heavy atom. The monoisotopic (exact) mass is 353 g/mol. The summed E-state index contributed by atoms with van der Waals surface area (Å²) in [6, 6.07) is 6.52. The molecule has 3 nitrogen and oxygen atoms in total. The fourth-order valence-electron chi connectivity index (χ4n) is 2.91. The second kappa shape index (κ2) is 7.95. The molecule has 1 aliphatic heterocycles. The molecule has 1 atom stereocenters. The molecule has 0 aromatic heterocycles. The maximum absolute atomic E-state index is 12.1. The molecular formula is C17H24BrNO2. The van der Waals surface area contributed by atoms with Crippen LogP contribution >= 0.6 is 15.9 Å². The van der Waals surface area contributed by atoms with Crippen LogP contribution in [0.3, 0.4) is 0 Å². The Morgan fingerprint density at radius 2 is 2.29 bits per heavy atom. The van der Waals surface area contributed by atoms with Crippen LogP contribution in [0.15, 0.2) is 18.2 Å². The van der Waals surface area contributed by atoms with Crippen molar-refractivity contribution in [3.63, 3.8) is 0 Å². The number of aryl methyl sites for hydroxylation is 1. The van der Waals surface area contributed by atoms with Crippen LogP contribution in [0.1, 0.15) is 37.3 Å². The molecule has 1 unspecified atom stereocenters. The summed E-state index contributed by atoms with van der Waals surface area (Å²) < 4.78 is 4.98. The lowest BCUT2D eigenvalue weighted by Crippen LogP contribution is -2.37. The molecule has 21 heavy (non-hydrogen) atoms. The predicted octanol–water partition coefficient (Wildman–Crippen LogP) is 3.72. The summed E-state index contributed by atoms with van der Waals surface area (Å²) in [6.45, 7) is 3.16. The number of anilines is 1. The van der Waals surface area contributed by atoms with Gasteiger partial charge in [-0.25, -0.2) is 0 Å². The smallest absolute Gasteiger partial charge is 0.252 e. The SMILES string of the molecule is CCCC(Br)Cc1ccc2c(c1)CCCN2C(=O)COC. The summed E-state index contributed by atoms with van der Waals surface area (Å²) in [5.74, 6) is 0.0514. The van der Waals surface area contributed by atoms with E-state index >= 15 is 0 Å². The Bertz CT molecular complexity index is 490. The molecule has 1 aliphatic rings. The summed E-state index contributed by atoms with van der Waals surface area (Å²) in [5.41, 5.74) is 3.71. The van der Waals surface area contributed by atoms with Crippen LogP contribution in [0.4, 0.5) is 5.69 Å². The lowest BCUT2D eigenvalue weighted by molar-refractivity contribution is -0.122. The second-order valence-corrected chi connectivity index (χ2v) is 6.93. The predicted molar refractivity (Wildman–Crippen MR) is 90.3 cm³/mol. The van der Waals surface area contributed by atoms with Gasteiger partial charge in [0, 0.05) is 24.2 Å². The Kier molecular flexibility index (Phi) is 6.24. The van der Waals surface area contributed by atoms with Gasteiger partial charge in [0.05, 0.1) is 0 Å². The molecule has 0 N–H and O–H groups in total. The van der Waals surface area contributed by atoms with Gasteiger partial charge in [-0.15, -0.1) is 0 Å². The molecule has 0 saturated carbocycles. The van der Waals surface area contributed by atoms with Gasteiger partial charge in [0.15, 0.2) is 0 Å². The molecule has 0 fully saturated rings. The molecule has 1 aromatic rings. The average molecular weight is 354 g/mol. The summed E-state index contributed by atoms with van der Waals surface area (Å²) in [7, 11) is 1.57. The van der Waals surface area contributed by atoms with E-state index < -0.39 is 0 Å². The van der Waals surface area contributed by atoms with Crippen molar-refractivity contribution in [2.24, 2.45) is 0 Å². The van der Waals surface area contributed by atoms with Gasteiger partial charge in [-0.3, -0.25) is 4.79 Å². The number of rotatable bonds is 6. The van der Waals surface area contributed by atoms with Crippen molar-refractivity contribution in [1.29, 1.82) is 0 Å². The van der Waals surface area contributed by atoms with Crippen LogP contribution < -0.4 is 4.90 Å². The molecule has 0 saturated heterocycles. The first-order chi connectivity index (χ1) is 10.2. The quantitative estimate of drug-likeness (QED) is 0.729. The fraction of sp³-hybridized carbons (Fsp3) is 0.588. The third kappa shape index (κ3) is 4.30. The highest BCUT2D eigenvalue weighted by molar-refractivity contribution is 9.09. The number of ether oxygens (including phenoxy) is 1. The van der Waals surface area contributed by atoms with Crippen molar-refractivity contribution < 1.29 is 9.53 Å². The number of halogens is 1. The standard InChI is InChI=1S/C17H24BrNO2/c1-3-5-15(18)11-13-7-8-16-14(10-13)6-4-9-19(16)17(20)12-21-2/h7-8,10,15H,3-6,9,11-12H2,1-2H3. The Labute approximate surface area is 135 Å². The number of amides is 1. The number of alkyl halides is 1. The lowest BCUT2D eigenvalue weighted by atomic mass is 9.97. The molecule has 2 rings (SSSR count). The number of nitrogens with zero attached hydrogens (tertiary/aromatic N) is 1. The largest absolute Gasteiger partial charge is 0.375 e. The minimum Gasteiger partial charge on any atom is -0.375 e. The zero-order valence-electron chi connectivity index (χ0n) is 12.9. The van der Waals surface area contributed by atoms with E-state index in [2.05, 4.69) is 41.1 Å². The van der Waals surface area contributed by atoms with E-state index in [0.717, 1.165) is 31.5 Å². The van der Waals surface area contributed by atoms with Crippen LogP contribution in [0.5, 0.6) is 0 Å². The van der Waals surface area contributed by atoms with Crippen molar-refractivity contribution in [3.05, 3.63) is 29.3 Å². The first-order valence-electron chi connectivity index (χ1n) is 7.71. The normalized spacial score (nSPS) is 15.7. The van der Waals surface area contributed by atoms with Crippen LogP contribution in [-0.2, 0) is 22.4 Å². The second-order valence-electron chi connectivity index (χ2n) is 5.64. The average Bonchev–Trinajstić information content (AvgIpc) is 2.46. The Hall–Kier alpha value is -0.870. The van der Waals surface area contributed by atoms with E-state index in [9.17, 15) is 4.79 Å². The van der Waals surface area contributed by atoms with Gasteiger partial charge in [-0.2, -0.15) is 0 Å². The number of carbonyl (C=O) groups excluding carboxylic acids is 1. The van der Waals surface area contributed by atoms with Gasteiger partial charge < -0.3 is 9.64 Å². The number of carbonyl (C=O) groups is 1. The van der Waals surface area contributed by atoms with E-state index in [1.165, 1.54) is 24.0 Å². The molecule has 0 spiro atoms. The van der Waals surface area contributed by atoms with Crippen molar-refractivity contribution in [2.75, 3.05) is 25.2 Å². The number of methoxy groups -OCH3 is 1. The van der Waals surface area contributed by atoms with Crippen LogP contribution in [-0.4, -0.2) is 31.0 Å². The van der Waals surface area contributed by atoms with E-state index in [0.29, 0.717) is 4.83 Å². The molecule has 1 heterocycles. The van der Waals surface area contributed by atoms with Crippen LogP contribution in [0.25, 0.3) is 0 Å². The number of hydrogen-bond donors (Lipinski definition) is 0. The van der Waals surface area contributed by atoms with Crippen molar-refractivity contribution >= 4 is 27.5 Å². The summed E-state index contributed by atoms with van der Waals surface area (Å²) in [6.07, 6.45) is 5.52. The summed E-state index contributed by atoms with van der Waals surface area (Å²) in [4.78, 5) is 14.5. The van der Waals surface area contributed by atoms with Gasteiger partial charge >= 0.3 is 0 Å². The molecule has 1 aromatic carbocycles. The number of benzene rings is 1. The number of hydrogen-bond acceptors (Lipinski definition) is 2. The summed E-state index contributed by atoms with van der Waals surface area (Å²) >= 11 is 3.75. The Balaban J connectivity index is 2.14. The molecule has 4 heteroatoms. The molecular weight excluding hydrogens is 330 g/mol. The number of fused-ring (bicyclic) bond motifs is 1. The van der Waals surface area contributed by atoms with Gasteiger partial charge in [0.1, 0.15) is 6.61 Å². The molecule has 116 valence electrons. The van der Waals surface area contributed by atoms with Crippen LogP contribution in [0, 0.1) is 0 Å². The first-order valence-corrected chi connectivity index (χ1v) is 8.62. The molecule has 1 amide bonds. The summed E-state index contributed by atoms with van der Waals surface area (Å²) in [5, 5.41) is 0. The van der Waals surface area contributed by atoms with E-state index in [4.69, 9.17) is 4.74 Å². The van der Waals surface area contributed by atoms with Crippen molar-refractivity contribution in [1.82, 2.24) is 0 Å². The van der Waals surface area contributed by atoms with Crippen LogP contribution in [0.2, 0.25) is 0 Å². The van der Waals surface area contributed by atoms with E-state index in [1.807, 2.05) is 4.90 Å². The molecule has 0 radical (unpaired) electrons. The topological polar surface area (TPSA) is 29.5 Å². The zero-order chi connectivity index (χ0) is 15.2. The zero-order valence-corrected chi connectivity index (χ0v) is 14.5. The van der Waals surface area contributed by atoms with Crippen molar-refractivity contribution in [2.45, 2.75) is 43.9 Å². The maximum atomic E-state index is 12.1. The van der Waals surface area contributed by atoms with E-state index in [-0.39, 0.29) is 12.5 Å². The molecule has 0 bridgehead atoms. The maximum Gasteiger partial charge on any atom is 0.252 e. The highest BCUT2D eigenvalue weighted by atomic mass is 79.9. The van der Waals surface area contributed by atoms with Gasteiger partial charge in [0.2, 0.25) is 0 Å². The van der Waals surface area contributed by atoms with E-state index in [1.54, 1.807) is 7.11 Å². The van der Waals surface area contributed by atoms with Gasteiger partial charge in [-0.1, -0.05) is 41.4 Å². The lowest BCUT2D eigenvalue weighted by Gasteiger charge is -2.30. The first kappa shape index (κ1) is 16.5. The minimum absolute atomic E-state index is 0.0514. The van der Waals surface area contributed by atoms with Gasteiger partial charge in [-0.05, 0) is 42.9 Å². The third-order valence-electron chi connectivity index (χ3n) is 3.89. The van der Waals surface area contributed by atoms with Crippen molar-refractivity contribution in [3.8, 4) is 0 Å². The third-order valence-corrected chi connectivity index (χ3v) is 4.67. The fourth-order valence-corrected chi connectivity index (χ4v) is 3.74. The highest BCUT2D eigenvalue weighted by Gasteiger charge is 2.22.